The van der Waals surface area contributed by atoms with Crippen molar-refractivity contribution < 1.29 is 5.11 Å². The van der Waals surface area contributed by atoms with E-state index in [0.717, 1.165) is 36.2 Å². The second-order valence-corrected chi connectivity index (χ2v) is 6.21. The third kappa shape index (κ3) is 2.92. The highest BCUT2D eigenvalue weighted by molar-refractivity contribution is 9.10. The van der Waals surface area contributed by atoms with Crippen molar-refractivity contribution in [3.63, 3.8) is 0 Å². The Kier molecular flexibility index (Phi) is 3.95. The van der Waals surface area contributed by atoms with E-state index < -0.39 is 0 Å². The lowest BCUT2D eigenvalue weighted by Crippen LogP contribution is -2.40. The summed E-state index contributed by atoms with van der Waals surface area (Å²) in [4.78, 5) is 6.59. The molecule has 1 N–H and O–H groups in total. The van der Waals surface area contributed by atoms with Crippen molar-refractivity contribution in [2.45, 2.75) is 19.8 Å². The molecule has 0 atom stereocenters. The van der Waals surface area contributed by atoms with Gasteiger partial charge in [-0.1, -0.05) is 18.5 Å². The van der Waals surface area contributed by atoms with E-state index in [9.17, 15) is 5.11 Å². The fraction of sp³-hybridized carbons (Fsp3) is 0.583. The number of aliphatic hydroxyl groups excluding tert-OH is 1. The highest BCUT2D eigenvalue weighted by Crippen LogP contribution is 2.34. The standard InChI is InChI=1S/C12H16BrClN2O/c1-12(8-17)2-4-16(5-3-12)11-10(13)6-9(14)7-15-11/h6-7,17H,2-5,8H2,1H3. The molecule has 2 heterocycles. The lowest BCUT2D eigenvalue weighted by molar-refractivity contribution is 0.114. The molecule has 1 fully saturated rings. The van der Waals surface area contributed by atoms with E-state index in [4.69, 9.17) is 11.6 Å². The van der Waals surface area contributed by atoms with Gasteiger partial charge in [-0.15, -0.1) is 0 Å². The minimum absolute atomic E-state index is 0.0649. The molecule has 0 aromatic carbocycles. The summed E-state index contributed by atoms with van der Waals surface area (Å²) < 4.78 is 0.928. The smallest absolute Gasteiger partial charge is 0.142 e. The number of piperidine rings is 1. The molecular formula is C12H16BrClN2O. The number of hydrogen-bond donors (Lipinski definition) is 1. The normalized spacial score (nSPS) is 19.4. The van der Waals surface area contributed by atoms with Crippen LogP contribution in [0.5, 0.6) is 0 Å². The zero-order valence-electron chi connectivity index (χ0n) is 9.79. The van der Waals surface area contributed by atoms with Crippen molar-refractivity contribution in [3.8, 4) is 0 Å². The van der Waals surface area contributed by atoms with Crippen LogP contribution >= 0.6 is 27.5 Å². The maximum atomic E-state index is 9.34. The Morgan fingerprint density at radius 2 is 2.18 bits per heavy atom. The van der Waals surface area contributed by atoms with Crippen LogP contribution in [0.25, 0.3) is 0 Å². The van der Waals surface area contributed by atoms with E-state index in [2.05, 4.69) is 32.7 Å². The van der Waals surface area contributed by atoms with Gasteiger partial charge in [0.1, 0.15) is 5.82 Å². The summed E-state index contributed by atoms with van der Waals surface area (Å²) >= 11 is 9.37. The molecule has 5 heteroatoms. The van der Waals surface area contributed by atoms with Gasteiger partial charge in [0.2, 0.25) is 0 Å². The van der Waals surface area contributed by atoms with Gasteiger partial charge in [-0.2, -0.15) is 0 Å². The molecule has 0 saturated carbocycles. The molecule has 1 saturated heterocycles. The fourth-order valence-electron chi connectivity index (χ4n) is 2.06. The summed E-state index contributed by atoms with van der Waals surface area (Å²) in [6.45, 7) is 4.24. The van der Waals surface area contributed by atoms with Crippen LogP contribution in [0.15, 0.2) is 16.7 Å². The molecule has 1 aromatic heterocycles. The minimum atomic E-state index is 0.0649. The lowest BCUT2D eigenvalue weighted by Gasteiger charge is -2.39. The molecule has 0 amide bonds. The van der Waals surface area contributed by atoms with Crippen LogP contribution < -0.4 is 4.90 Å². The van der Waals surface area contributed by atoms with Crippen LogP contribution in [0.1, 0.15) is 19.8 Å². The predicted octanol–water partition coefficient (Wildman–Crippen LogP) is 3.10. The van der Waals surface area contributed by atoms with Gasteiger partial charge in [-0.05, 0) is 40.3 Å². The Hall–Kier alpha value is -0.320. The van der Waals surface area contributed by atoms with Crippen LogP contribution in [-0.4, -0.2) is 29.8 Å². The molecule has 1 aliphatic heterocycles. The topological polar surface area (TPSA) is 36.4 Å². The van der Waals surface area contributed by atoms with E-state index in [1.165, 1.54) is 0 Å². The van der Waals surface area contributed by atoms with E-state index in [1.54, 1.807) is 6.20 Å². The largest absolute Gasteiger partial charge is 0.396 e. The third-order valence-electron chi connectivity index (χ3n) is 3.44. The first-order valence-electron chi connectivity index (χ1n) is 5.71. The van der Waals surface area contributed by atoms with Gasteiger partial charge in [-0.3, -0.25) is 0 Å². The molecule has 0 aliphatic carbocycles. The molecule has 1 aliphatic rings. The Morgan fingerprint density at radius 3 is 2.71 bits per heavy atom. The van der Waals surface area contributed by atoms with Gasteiger partial charge in [0.05, 0.1) is 9.50 Å². The summed E-state index contributed by atoms with van der Waals surface area (Å²) in [5, 5.41) is 9.97. The number of aliphatic hydroxyl groups is 1. The van der Waals surface area contributed by atoms with E-state index in [-0.39, 0.29) is 12.0 Å². The van der Waals surface area contributed by atoms with Crippen LogP contribution in [-0.2, 0) is 0 Å². The quantitative estimate of drug-likeness (QED) is 0.910. The Bertz CT molecular complexity index is 405. The second kappa shape index (κ2) is 5.12. The van der Waals surface area contributed by atoms with Gasteiger partial charge < -0.3 is 10.0 Å². The summed E-state index contributed by atoms with van der Waals surface area (Å²) in [5.41, 5.74) is 0.0649. The molecule has 0 bridgehead atoms. The van der Waals surface area contributed by atoms with Crippen molar-refractivity contribution in [2.75, 3.05) is 24.6 Å². The number of anilines is 1. The highest BCUT2D eigenvalue weighted by atomic mass is 79.9. The minimum Gasteiger partial charge on any atom is -0.396 e. The van der Waals surface area contributed by atoms with E-state index in [1.807, 2.05) is 6.07 Å². The van der Waals surface area contributed by atoms with E-state index in [0.29, 0.717) is 5.02 Å². The first kappa shape index (κ1) is 13.1. The average Bonchev–Trinajstić information content (AvgIpc) is 2.31. The van der Waals surface area contributed by atoms with Crippen LogP contribution in [0.3, 0.4) is 0 Å². The highest BCUT2D eigenvalue weighted by Gasteiger charge is 2.30. The number of halogens is 2. The molecular weight excluding hydrogens is 304 g/mol. The summed E-state index contributed by atoms with van der Waals surface area (Å²) in [5.74, 6) is 0.939. The molecule has 3 nitrogen and oxygen atoms in total. The first-order valence-corrected chi connectivity index (χ1v) is 6.88. The zero-order valence-corrected chi connectivity index (χ0v) is 12.1. The Balaban J connectivity index is 2.10. The molecule has 17 heavy (non-hydrogen) atoms. The maximum Gasteiger partial charge on any atom is 0.142 e. The molecule has 2 rings (SSSR count). The van der Waals surface area contributed by atoms with Gasteiger partial charge in [0.25, 0.3) is 0 Å². The van der Waals surface area contributed by atoms with E-state index >= 15 is 0 Å². The number of rotatable bonds is 2. The maximum absolute atomic E-state index is 9.34. The second-order valence-electron chi connectivity index (χ2n) is 4.91. The van der Waals surface area contributed by atoms with Crippen molar-refractivity contribution in [1.82, 2.24) is 4.98 Å². The van der Waals surface area contributed by atoms with Crippen molar-refractivity contribution in [3.05, 3.63) is 21.8 Å². The molecule has 0 radical (unpaired) electrons. The van der Waals surface area contributed by atoms with Crippen molar-refractivity contribution in [2.24, 2.45) is 5.41 Å². The number of aromatic nitrogens is 1. The van der Waals surface area contributed by atoms with Crippen LogP contribution in [0, 0.1) is 5.41 Å². The number of hydrogen-bond acceptors (Lipinski definition) is 3. The van der Waals surface area contributed by atoms with Gasteiger partial charge in [0.15, 0.2) is 0 Å². The predicted molar refractivity (Wildman–Crippen MR) is 73.6 cm³/mol. The van der Waals surface area contributed by atoms with Crippen molar-refractivity contribution in [1.29, 1.82) is 0 Å². The molecule has 94 valence electrons. The summed E-state index contributed by atoms with van der Waals surface area (Å²) in [6.07, 6.45) is 3.64. The number of nitrogens with zero attached hydrogens (tertiary/aromatic N) is 2. The van der Waals surface area contributed by atoms with Gasteiger partial charge in [0, 0.05) is 25.9 Å². The first-order chi connectivity index (χ1) is 8.04. The molecule has 0 unspecified atom stereocenters. The number of pyridine rings is 1. The van der Waals surface area contributed by atoms with Crippen LogP contribution in [0.4, 0.5) is 5.82 Å². The Morgan fingerprint density at radius 1 is 1.53 bits per heavy atom. The van der Waals surface area contributed by atoms with Gasteiger partial charge in [-0.25, -0.2) is 4.98 Å². The average molecular weight is 320 g/mol. The molecule has 0 spiro atoms. The van der Waals surface area contributed by atoms with Gasteiger partial charge >= 0.3 is 0 Å². The summed E-state index contributed by atoms with van der Waals surface area (Å²) in [7, 11) is 0. The monoisotopic (exact) mass is 318 g/mol. The summed E-state index contributed by atoms with van der Waals surface area (Å²) in [6, 6.07) is 1.86. The van der Waals surface area contributed by atoms with Crippen molar-refractivity contribution >= 4 is 33.3 Å². The SMILES string of the molecule is CC1(CO)CCN(c2ncc(Cl)cc2Br)CC1. The Labute approximate surface area is 115 Å². The zero-order chi connectivity index (χ0) is 12.5. The third-order valence-corrected chi connectivity index (χ3v) is 4.23. The lowest BCUT2D eigenvalue weighted by atomic mass is 9.81. The fourth-order valence-corrected chi connectivity index (χ4v) is 2.95. The van der Waals surface area contributed by atoms with Crippen LogP contribution in [0.2, 0.25) is 5.02 Å². The molecule has 1 aromatic rings.